The molecule has 3 nitrogen and oxygen atoms in total. The van der Waals surface area contributed by atoms with Gasteiger partial charge in [0, 0.05) is 44.2 Å². The van der Waals surface area contributed by atoms with Crippen molar-refractivity contribution in [1.82, 2.24) is 9.80 Å². The van der Waals surface area contributed by atoms with Gasteiger partial charge in [-0.15, -0.1) is 0 Å². The van der Waals surface area contributed by atoms with E-state index in [0.29, 0.717) is 12.1 Å². The molecule has 3 aromatic carbocycles. The van der Waals surface area contributed by atoms with E-state index in [9.17, 15) is 35.5 Å². The Kier molecular flexibility index (Phi) is 9.11. The Morgan fingerprint density at radius 1 is 0.902 bits per heavy atom. The molecule has 0 unspecified atom stereocenters. The minimum atomic E-state index is -4.56. The highest BCUT2D eigenvalue weighted by Crippen LogP contribution is 2.39. The van der Waals surface area contributed by atoms with E-state index in [4.69, 9.17) is 0 Å². The van der Waals surface area contributed by atoms with Crippen molar-refractivity contribution in [2.24, 2.45) is 11.8 Å². The Bertz CT molecular complexity index is 1340. The number of nitrogens with zero attached hydrogens (tertiary/aromatic N) is 2. The van der Waals surface area contributed by atoms with Gasteiger partial charge in [-0.05, 0) is 59.4 Å². The van der Waals surface area contributed by atoms with E-state index in [1.54, 1.807) is 15.9 Å². The third kappa shape index (κ3) is 7.67. The predicted molar refractivity (Wildman–Crippen MR) is 142 cm³/mol. The summed E-state index contributed by atoms with van der Waals surface area (Å²) in [5.74, 6) is -1.61. The molecule has 0 spiro atoms. The van der Waals surface area contributed by atoms with Crippen LogP contribution in [0.2, 0.25) is 0 Å². The fraction of sp³-hybridized carbons (Fsp3) is 0.387. The maximum absolute atomic E-state index is 13.7. The summed E-state index contributed by atoms with van der Waals surface area (Å²) >= 11 is 0. The van der Waals surface area contributed by atoms with Crippen molar-refractivity contribution in [2.45, 2.75) is 38.7 Å². The molecule has 0 saturated carbocycles. The van der Waals surface area contributed by atoms with E-state index in [1.807, 2.05) is 13.8 Å². The normalized spacial score (nSPS) is 18.2. The number of carbonyl (C=O) groups is 1. The number of rotatable bonds is 8. The fourth-order valence-electron chi connectivity index (χ4n) is 5.51. The van der Waals surface area contributed by atoms with Gasteiger partial charge in [0.25, 0.3) is 5.91 Å². The van der Waals surface area contributed by atoms with Crippen LogP contribution in [0.5, 0.6) is 0 Å². The van der Waals surface area contributed by atoms with Gasteiger partial charge >= 0.3 is 12.4 Å². The second kappa shape index (κ2) is 12.2. The van der Waals surface area contributed by atoms with Gasteiger partial charge < -0.3 is 4.90 Å². The zero-order valence-electron chi connectivity index (χ0n) is 22.6. The van der Waals surface area contributed by atoms with Gasteiger partial charge in [0.05, 0.1) is 11.1 Å². The van der Waals surface area contributed by atoms with Crippen LogP contribution in [-0.2, 0) is 18.9 Å². The largest absolute Gasteiger partial charge is 0.416 e. The summed E-state index contributed by atoms with van der Waals surface area (Å²) in [6, 6.07) is 15.4. The van der Waals surface area contributed by atoms with E-state index in [-0.39, 0.29) is 55.0 Å². The quantitative estimate of drug-likeness (QED) is 0.253. The zero-order valence-corrected chi connectivity index (χ0v) is 22.6. The number of hydrogen-bond acceptors (Lipinski definition) is 2. The number of carbonyl (C=O) groups excluding carboxylic acids is 1. The standard InChI is InChI=1S/C31H31F7N2O/c1-20(2)15-40(29(41)21-10-12-26(32)13-11-21)18-24-17-39(16-23-6-3-4-9-28(23)31(36,37)38)19-27(24)22-7-5-8-25(14-22)30(33,34)35/h3-14,20,24,27H,15-19H2,1-2H3/t24-,27-/m0/s1. The first-order valence-electron chi connectivity index (χ1n) is 13.3. The lowest BCUT2D eigenvalue weighted by molar-refractivity contribution is -0.139. The van der Waals surface area contributed by atoms with Crippen molar-refractivity contribution in [2.75, 3.05) is 26.2 Å². The van der Waals surface area contributed by atoms with Gasteiger partial charge in [-0.2, -0.15) is 26.3 Å². The minimum absolute atomic E-state index is 0.0439. The maximum atomic E-state index is 13.7. The molecule has 0 bridgehead atoms. The fourth-order valence-corrected chi connectivity index (χ4v) is 5.51. The molecule has 1 aliphatic heterocycles. The Morgan fingerprint density at radius 3 is 2.22 bits per heavy atom. The summed E-state index contributed by atoms with van der Waals surface area (Å²) in [4.78, 5) is 16.9. The molecule has 4 rings (SSSR count). The minimum Gasteiger partial charge on any atom is -0.338 e. The van der Waals surface area contributed by atoms with Crippen LogP contribution < -0.4 is 0 Å². The van der Waals surface area contributed by atoms with Gasteiger partial charge in [0.15, 0.2) is 0 Å². The SMILES string of the molecule is CC(C)CN(C[C@@H]1CN(Cc2ccccc2C(F)(F)F)C[C@H]1c1cccc(C(F)(F)F)c1)C(=O)c1ccc(F)cc1. The highest BCUT2D eigenvalue weighted by molar-refractivity contribution is 5.94. The molecule has 0 N–H and O–H groups in total. The molecule has 220 valence electrons. The second-order valence-corrected chi connectivity index (χ2v) is 10.9. The Morgan fingerprint density at radius 2 is 1.59 bits per heavy atom. The van der Waals surface area contributed by atoms with E-state index >= 15 is 0 Å². The molecule has 41 heavy (non-hydrogen) atoms. The highest BCUT2D eigenvalue weighted by atomic mass is 19.4. The monoisotopic (exact) mass is 580 g/mol. The van der Waals surface area contributed by atoms with Crippen molar-refractivity contribution in [1.29, 1.82) is 0 Å². The van der Waals surface area contributed by atoms with Crippen LogP contribution >= 0.6 is 0 Å². The van der Waals surface area contributed by atoms with E-state index in [2.05, 4.69) is 0 Å². The van der Waals surface area contributed by atoms with Gasteiger partial charge in [-0.1, -0.05) is 50.2 Å². The first kappa shape index (κ1) is 30.6. The third-order valence-corrected chi connectivity index (χ3v) is 7.29. The Labute approximate surface area is 234 Å². The predicted octanol–water partition coefficient (Wildman–Crippen LogP) is 7.88. The van der Waals surface area contributed by atoms with Crippen LogP contribution in [0, 0.1) is 17.7 Å². The maximum Gasteiger partial charge on any atom is 0.416 e. The third-order valence-electron chi connectivity index (χ3n) is 7.29. The lowest BCUT2D eigenvalue weighted by atomic mass is 9.87. The summed E-state index contributed by atoms with van der Waals surface area (Å²) < 4.78 is 95.2. The highest BCUT2D eigenvalue weighted by Gasteiger charge is 2.39. The van der Waals surface area contributed by atoms with Crippen LogP contribution in [0.15, 0.2) is 72.8 Å². The van der Waals surface area contributed by atoms with Crippen LogP contribution in [0.3, 0.4) is 0 Å². The average molecular weight is 581 g/mol. The molecule has 0 aliphatic carbocycles. The van der Waals surface area contributed by atoms with E-state index in [0.717, 1.165) is 18.2 Å². The summed E-state index contributed by atoms with van der Waals surface area (Å²) in [6.45, 7) is 4.81. The van der Waals surface area contributed by atoms with Crippen molar-refractivity contribution >= 4 is 5.91 Å². The van der Waals surface area contributed by atoms with Gasteiger partial charge in [0.2, 0.25) is 0 Å². The molecule has 1 heterocycles. The summed E-state index contributed by atoms with van der Waals surface area (Å²) in [7, 11) is 0. The number of likely N-dealkylation sites (tertiary alicyclic amines) is 1. The van der Waals surface area contributed by atoms with Crippen molar-refractivity contribution in [3.8, 4) is 0 Å². The Hall–Kier alpha value is -3.40. The van der Waals surface area contributed by atoms with Crippen molar-refractivity contribution in [3.05, 3.63) is 106 Å². The van der Waals surface area contributed by atoms with Gasteiger partial charge in [0.1, 0.15) is 5.82 Å². The van der Waals surface area contributed by atoms with Crippen LogP contribution in [0.1, 0.15) is 52.4 Å². The molecule has 1 fully saturated rings. The van der Waals surface area contributed by atoms with E-state index < -0.39 is 35.2 Å². The molecule has 0 aromatic heterocycles. The second-order valence-electron chi connectivity index (χ2n) is 10.9. The number of hydrogen-bond donors (Lipinski definition) is 0. The molecule has 10 heteroatoms. The number of benzene rings is 3. The molecule has 0 radical (unpaired) electrons. The Balaban J connectivity index is 1.67. The molecule has 1 aliphatic rings. The summed E-state index contributed by atoms with van der Waals surface area (Å²) in [5.41, 5.74) is -0.806. The molecule has 1 saturated heterocycles. The first-order valence-corrected chi connectivity index (χ1v) is 13.3. The van der Waals surface area contributed by atoms with Crippen LogP contribution in [-0.4, -0.2) is 41.9 Å². The molecule has 2 atom stereocenters. The number of amides is 1. The average Bonchev–Trinajstić information content (AvgIpc) is 3.29. The van der Waals surface area contributed by atoms with Crippen LogP contribution in [0.4, 0.5) is 30.7 Å². The van der Waals surface area contributed by atoms with Gasteiger partial charge in [-0.3, -0.25) is 9.69 Å². The van der Waals surface area contributed by atoms with Gasteiger partial charge in [-0.25, -0.2) is 4.39 Å². The topological polar surface area (TPSA) is 23.6 Å². The lowest BCUT2D eigenvalue weighted by Gasteiger charge is -2.30. The van der Waals surface area contributed by atoms with Crippen molar-refractivity contribution < 1.29 is 35.5 Å². The number of halogens is 7. The zero-order chi connectivity index (χ0) is 29.9. The van der Waals surface area contributed by atoms with E-state index in [1.165, 1.54) is 48.5 Å². The molecular weight excluding hydrogens is 549 g/mol. The summed E-state index contributed by atoms with van der Waals surface area (Å²) in [6.07, 6.45) is -9.11. The smallest absolute Gasteiger partial charge is 0.338 e. The van der Waals surface area contributed by atoms with Crippen molar-refractivity contribution in [3.63, 3.8) is 0 Å². The molecule has 1 amide bonds. The first-order chi connectivity index (χ1) is 19.2. The molecular formula is C31H31F7N2O. The van der Waals surface area contributed by atoms with Crippen LogP contribution in [0.25, 0.3) is 0 Å². The summed E-state index contributed by atoms with van der Waals surface area (Å²) in [5, 5.41) is 0. The molecule has 3 aromatic rings. The lowest BCUT2D eigenvalue weighted by Crippen LogP contribution is -2.39. The number of alkyl halides is 6.